The van der Waals surface area contributed by atoms with Gasteiger partial charge in [0.2, 0.25) is 0 Å². The van der Waals surface area contributed by atoms with E-state index in [0.717, 1.165) is 19.5 Å². The first-order chi connectivity index (χ1) is 7.99. The number of aromatic nitrogens is 2. The summed E-state index contributed by atoms with van der Waals surface area (Å²) in [6, 6.07) is 0.666. The maximum Gasteiger partial charge on any atom is 0.0767 e. The highest BCUT2D eigenvalue weighted by Crippen LogP contribution is 2.44. The predicted octanol–water partition coefficient (Wildman–Crippen LogP) is 3.12. The number of nitrogens with one attached hydrogen (secondary N) is 1. The fourth-order valence-electron chi connectivity index (χ4n) is 2.22. The van der Waals surface area contributed by atoms with Gasteiger partial charge in [-0.05, 0) is 41.1 Å². The Morgan fingerprint density at radius 1 is 1.47 bits per heavy atom. The number of hydrogen-bond donors (Lipinski definition) is 1. The summed E-state index contributed by atoms with van der Waals surface area (Å²) in [6.45, 7) is 10.8. The molecule has 1 unspecified atom stereocenters. The Bertz CT molecular complexity index is 409. The zero-order valence-corrected chi connectivity index (χ0v) is 12.8. The van der Waals surface area contributed by atoms with Crippen molar-refractivity contribution in [2.75, 3.05) is 0 Å². The van der Waals surface area contributed by atoms with Crippen LogP contribution in [0.4, 0.5) is 0 Å². The van der Waals surface area contributed by atoms with E-state index in [1.807, 2.05) is 0 Å². The van der Waals surface area contributed by atoms with Crippen LogP contribution in [0.1, 0.15) is 45.5 Å². The summed E-state index contributed by atoms with van der Waals surface area (Å²) in [5, 5.41) is 8.24. The average Bonchev–Trinajstić information content (AvgIpc) is 2.78. The van der Waals surface area contributed by atoms with Gasteiger partial charge in [0.1, 0.15) is 0 Å². The third kappa shape index (κ3) is 2.58. The Morgan fingerprint density at radius 2 is 2.12 bits per heavy atom. The molecule has 1 fully saturated rings. The maximum absolute atomic E-state index is 4.61. The average molecular weight is 300 g/mol. The van der Waals surface area contributed by atoms with Crippen LogP contribution in [0.2, 0.25) is 0 Å². The molecule has 1 aliphatic rings. The van der Waals surface area contributed by atoms with Gasteiger partial charge in [-0.3, -0.25) is 4.68 Å². The number of halogens is 1. The second-order valence-corrected chi connectivity index (χ2v) is 6.30. The van der Waals surface area contributed by atoms with Crippen molar-refractivity contribution in [1.29, 1.82) is 0 Å². The number of aryl methyl sites for hydroxylation is 2. The molecule has 0 radical (unpaired) electrons. The first-order valence-electron chi connectivity index (χ1n) is 6.47. The molecule has 0 aliphatic heterocycles. The summed E-state index contributed by atoms with van der Waals surface area (Å²) < 4.78 is 3.29. The summed E-state index contributed by atoms with van der Waals surface area (Å²) in [7, 11) is 0. The molecule has 96 valence electrons. The van der Waals surface area contributed by atoms with Crippen molar-refractivity contribution in [2.24, 2.45) is 5.41 Å². The first kappa shape index (κ1) is 13.1. The van der Waals surface area contributed by atoms with Crippen LogP contribution in [0.5, 0.6) is 0 Å². The van der Waals surface area contributed by atoms with Crippen LogP contribution in [0, 0.1) is 5.41 Å². The maximum atomic E-state index is 4.61. The Morgan fingerprint density at radius 3 is 2.59 bits per heavy atom. The van der Waals surface area contributed by atoms with Gasteiger partial charge in [-0.2, -0.15) is 5.10 Å². The minimum atomic E-state index is 0.483. The van der Waals surface area contributed by atoms with Crippen LogP contribution in [-0.4, -0.2) is 15.8 Å². The summed E-state index contributed by atoms with van der Waals surface area (Å²) in [4.78, 5) is 0. The van der Waals surface area contributed by atoms with Crippen LogP contribution >= 0.6 is 15.9 Å². The summed E-state index contributed by atoms with van der Waals surface area (Å²) in [5.41, 5.74) is 2.93. The van der Waals surface area contributed by atoms with Crippen molar-refractivity contribution in [3.05, 3.63) is 15.9 Å². The van der Waals surface area contributed by atoms with Gasteiger partial charge in [0.25, 0.3) is 0 Å². The van der Waals surface area contributed by atoms with Crippen LogP contribution in [-0.2, 0) is 19.5 Å². The van der Waals surface area contributed by atoms with Crippen molar-refractivity contribution in [2.45, 2.75) is 59.7 Å². The second-order valence-electron chi connectivity index (χ2n) is 5.50. The van der Waals surface area contributed by atoms with Gasteiger partial charge in [0, 0.05) is 19.1 Å². The molecule has 1 heterocycles. The molecule has 17 heavy (non-hydrogen) atoms. The van der Waals surface area contributed by atoms with Crippen molar-refractivity contribution in [1.82, 2.24) is 15.1 Å². The largest absolute Gasteiger partial charge is 0.308 e. The summed E-state index contributed by atoms with van der Waals surface area (Å²) in [6.07, 6.45) is 2.26. The molecule has 2 rings (SSSR count). The highest BCUT2D eigenvalue weighted by molar-refractivity contribution is 9.10. The molecule has 0 saturated heterocycles. The number of rotatable bonds is 5. The second kappa shape index (κ2) is 4.73. The van der Waals surface area contributed by atoms with Gasteiger partial charge < -0.3 is 5.32 Å². The standard InChI is InChI=1S/C13H22BrN3/c1-5-9-12(14)10(17(6-2)16-9)8-15-11-7-13(11,3)4/h11,15H,5-8H2,1-4H3. The smallest absolute Gasteiger partial charge is 0.0767 e. The molecule has 1 N–H and O–H groups in total. The lowest BCUT2D eigenvalue weighted by molar-refractivity contribution is 0.518. The molecule has 1 aromatic rings. The van der Waals surface area contributed by atoms with Crippen molar-refractivity contribution >= 4 is 15.9 Å². The van der Waals surface area contributed by atoms with Crippen LogP contribution in [0.15, 0.2) is 4.47 Å². The highest BCUT2D eigenvalue weighted by Gasteiger charge is 2.45. The van der Waals surface area contributed by atoms with E-state index in [4.69, 9.17) is 0 Å². The van der Waals surface area contributed by atoms with E-state index in [1.165, 1.54) is 22.3 Å². The topological polar surface area (TPSA) is 29.9 Å². The van der Waals surface area contributed by atoms with Gasteiger partial charge in [-0.1, -0.05) is 20.8 Å². The van der Waals surface area contributed by atoms with Crippen LogP contribution in [0.25, 0.3) is 0 Å². The summed E-state index contributed by atoms with van der Waals surface area (Å²) >= 11 is 3.68. The molecule has 1 aromatic heterocycles. The molecule has 3 nitrogen and oxygen atoms in total. The van der Waals surface area contributed by atoms with E-state index in [9.17, 15) is 0 Å². The van der Waals surface area contributed by atoms with E-state index < -0.39 is 0 Å². The van der Waals surface area contributed by atoms with Crippen LogP contribution < -0.4 is 5.32 Å². The molecular weight excluding hydrogens is 278 g/mol. The monoisotopic (exact) mass is 299 g/mol. The van der Waals surface area contributed by atoms with Crippen molar-refractivity contribution in [3.63, 3.8) is 0 Å². The number of nitrogens with zero attached hydrogens (tertiary/aromatic N) is 2. The zero-order chi connectivity index (χ0) is 12.6. The van der Waals surface area contributed by atoms with E-state index >= 15 is 0 Å². The molecule has 0 aromatic carbocycles. The minimum Gasteiger partial charge on any atom is -0.308 e. The fraction of sp³-hybridized carbons (Fsp3) is 0.769. The Balaban J connectivity index is 2.06. The van der Waals surface area contributed by atoms with Gasteiger partial charge in [0.05, 0.1) is 15.9 Å². The Kier molecular flexibility index (Phi) is 3.64. The third-order valence-corrected chi connectivity index (χ3v) is 4.64. The quantitative estimate of drug-likeness (QED) is 0.905. The van der Waals surface area contributed by atoms with Gasteiger partial charge >= 0.3 is 0 Å². The van der Waals surface area contributed by atoms with Gasteiger partial charge in [-0.15, -0.1) is 0 Å². The van der Waals surface area contributed by atoms with Crippen LogP contribution in [0.3, 0.4) is 0 Å². The highest BCUT2D eigenvalue weighted by atomic mass is 79.9. The van der Waals surface area contributed by atoms with E-state index in [1.54, 1.807) is 0 Å². The fourth-order valence-corrected chi connectivity index (χ4v) is 2.93. The molecule has 1 atom stereocenters. The SMILES string of the molecule is CCc1nn(CC)c(CNC2CC2(C)C)c1Br. The van der Waals surface area contributed by atoms with E-state index in [-0.39, 0.29) is 0 Å². The lowest BCUT2D eigenvalue weighted by atomic mass is 10.2. The molecule has 1 aliphatic carbocycles. The van der Waals surface area contributed by atoms with Crippen molar-refractivity contribution < 1.29 is 0 Å². The molecule has 0 spiro atoms. The molecular formula is C13H22BrN3. The molecule has 4 heteroatoms. The molecule has 0 amide bonds. The minimum absolute atomic E-state index is 0.483. The Hall–Kier alpha value is -0.350. The lowest BCUT2D eigenvalue weighted by Gasteiger charge is -2.08. The third-order valence-electron chi connectivity index (χ3n) is 3.72. The normalized spacial score (nSPS) is 21.8. The van der Waals surface area contributed by atoms with E-state index in [2.05, 4.69) is 58.7 Å². The van der Waals surface area contributed by atoms with Gasteiger partial charge in [-0.25, -0.2) is 0 Å². The molecule has 0 bridgehead atoms. The first-order valence-corrected chi connectivity index (χ1v) is 7.26. The number of hydrogen-bond acceptors (Lipinski definition) is 2. The lowest BCUT2D eigenvalue weighted by Crippen LogP contribution is -2.22. The summed E-state index contributed by atoms with van der Waals surface area (Å²) in [5.74, 6) is 0. The Labute approximate surface area is 112 Å². The van der Waals surface area contributed by atoms with Crippen molar-refractivity contribution in [3.8, 4) is 0 Å². The molecule has 1 saturated carbocycles. The van der Waals surface area contributed by atoms with Gasteiger partial charge in [0.15, 0.2) is 0 Å². The van der Waals surface area contributed by atoms with E-state index in [0.29, 0.717) is 11.5 Å². The zero-order valence-electron chi connectivity index (χ0n) is 11.2. The predicted molar refractivity (Wildman–Crippen MR) is 74.0 cm³/mol.